The van der Waals surface area contributed by atoms with E-state index in [-0.39, 0.29) is 0 Å². The van der Waals surface area contributed by atoms with Crippen LogP contribution in [0.5, 0.6) is 0 Å². The quantitative estimate of drug-likeness (QED) is 0.667. The molecule has 0 aromatic carbocycles. The van der Waals surface area contributed by atoms with Crippen molar-refractivity contribution in [2.45, 2.75) is 40.0 Å². The maximum atomic E-state index is 10.4. The van der Waals surface area contributed by atoms with E-state index in [1.165, 1.54) is 0 Å². The number of aliphatic carboxylic acids is 1. The summed E-state index contributed by atoms with van der Waals surface area (Å²) in [6.45, 7) is 6.28. The van der Waals surface area contributed by atoms with Gasteiger partial charge in [-0.15, -0.1) is 0 Å². The molecule has 0 fully saturated rings. The minimum atomic E-state index is -0.669. The molecule has 0 aromatic rings. The molecule has 0 rings (SSSR count). The van der Waals surface area contributed by atoms with E-state index in [0.717, 1.165) is 12.8 Å². The smallest absolute Gasteiger partial charge is 0.303 e. The molecular formula is C9H18O2. The van der Waals surface area contributed by atoms with Crippen LogP contribution in [-0.4, -0.2) is 11.1 Å². The average Bonchev–Trinajstić information content (AvgIpc) is 1.98. The first kappa shape index (κ1) is 10.5. The Kier molecular flexibility index (Phi) is 4.92. The predicted octanol–water partition coefficient (Wildman–Crippen LogP) is 2.53. The number of hydrogen-bond donors (Lipinski definition) is 1. The van der Waals surface area contributed by atoms with Gasteiger partial charge in [0.25, 0.3) is 0 Å². The van der Waals surface area contributed by atoms with Crippen molar-refractivity contribution >= 4 is 5.97 Å². The molecule has 0 heterocycles. The van der Waals surface area contributed by atoms with Crippen molar-refractivity contribution in [2.24, 2.45) is 11.8 Å². The van der Waals surface area contributed by atoms with Crippen molar-refractivity contribution in [3.05, 3.63) is 0 Å². The highest BCUT2D eigenvalue weighted by Crippen LogP contribution is 2.21. The first-order valence-corrected chi connectivity index (χ1v) is 4.33. The van der Waals surface area contributed by atoms with Crippen molar-refractivity contribution in [1.82, 2.24) is 0 Å². The van der Waals surface area contributed by atoms with Crippen molar-refractivity contribution in [3.8, 4) is 0 Å². The van der Waals surface area contributed by atoms with Crippen LogP contribution in [0.4, 0.5) is 0 Å². The Labute approximate surface area is 68.6 Å². The zero-order chi connectivity index (χ0) is 8.85. The van der Waals surface area contributed by atoms with Crippen LogP contribution in [0.2, 0.25) is 0 Å². The van der Waals surface area contributed by atoms with Crippen LogP contribution in [0.1, 0.15) is 40.0 Å². The molecule has 0 bridgehead atoms. The van der Waals surface area contributed by atoms with Crippen LogP contribution >= 0.6 is 0 Å². The van der Waals surface area contributed by atoms with Crippen LogP contribution in [-0.2, 0) is 4.79 Å². The molecule has 0 aliphatic heterocycles. The summed E-state index contributed by atoms with van der Waals surface area (Å²) in [7, 11) is 0. The van der Waals surface area contributed by atoms with Gasteiger partial charge in [0.1, 0.15) is 0 Å². The van der Waals surface area contributed by atoms with Gasteiger partial charge in [0, 0.05) is 6.42 Å². The Morgan fingerprint density at radius 3 is 2.18 bits per heavy atom. The zero-order valence-corrected chi connectivity index (χ0v) is 7.63. The molecule has 66 valence electrons. The lowest BCUT2D eigenvalue weighted by molar-refractivity contribution is -0.138. The lowest BCUT2D eigenvalue weighted by Gasteiger charge is -2.18. The minimum absolute atomic E-state index is 0.325. The van der Waals surface area contributed by atoms with Crippen LogP contribution in [0, 0.1) is 11.8 Å². The van der Waals surface area contributed by atoms with E-state index >= 15 is 0 Å². The van der Waals surface area contributed by atoms with Gasteiger partial charge in [0.2, 0.25) is 0 Å². The lowest BCUT2D eigenvalue weighted by atomic mass is 9.87. The molecule has 0 aliphatic rings. The molecule has 0 aliphatic carbocycles. The van der Waals surface area contributed by atoms with Gasteiger partial charge in [-0.2, -0.15) is 0 Å². The molecule has 0 radical (unpaired) electrons. The van der Waals surface area contributed by atoms with E-state index in [2.05, 4.69) is 20.8 Å². The molecule has 2 unspecified atom stereocenters. The molecule has 11 heavy (non-hydrogen) atoms. The third kappa shape index (κ3) is 4.02. The SMILES string of the molecule is CCC(C)C(CC)CC(=O)O. The second-order valence-corrected chi connectivity index (χ2v) is 3.15. The Morgan fingerprint density at radius 1 is 1.36 bits per heavy atom. The second kappa shape index (κ2) is 5.16. The number of carbonyl (C=O) groups is 1. The van der Waals surface area contributed by atoms with E-state index < -0.39 is 5.97 Å². The van der Waals surface area contributed by atoms with Gasteiger partial charge in [-0.25, -0.2) is 0 Å². The summed E-state index contributed by atoms with van der Waals surface area (Å²) >= 11 is 0. The first-order valence-electron chi connectivity index (χ1n) is 4.33. The molecule has 0 aromatic heterocycles. The summed E-state index contributed by atoms with van der Waals surface area (Å²) in [6, 6.07) is 0. The van der Waals surface area contributed by atoms with E-state index in [1.807, 2.05) is 0 Å². The van der Waals surface area contributed by atoms with E-state index in [1.54, 1.807) is 0 Å². The van der Waals surface area contributed by atoms with Gasteiger partial charge in [-0.3, -0.25) is 4.79 Å². The fourth-order valence-corrected chi connectivity index (χ4v) is 1.31. The van der Waals surface area contributed by atoms with Crippen LogP contribution in [0.3, 0.4) is 0 Å². The Balaban J connectivity index is 3.84. The van der Waals surface area contributed by atoms with Gasteiger partial charge < -0.3 is 5.11 Å². The molecule has 0 amide bonds. The minimum Gasteiger partial charge on any atom is -0.481 e. The summed E-state index contributed by atoms with van der Waals surface area (Å²) in [6.07, 6.45) is 2.37. The van der Waals surface area contributed by atoms with Gasteiger partial charge >= 0.3 is 5.97 Å². The van der Waals surface area contributed by atoms with Crippen LogP contribution < -0.4 is 0 Å². The van der Waals surface area contributed by atoms with E-state index in [4.69, 9.17) is 5.11 Å². The maximum absolute atomic E-state index is 10.4. The Hall–Kier alpha value is -0.530. The number of carboxylic acid groups (broad SMARTS) is 1. The Bertz CT molecular complexity index is 121. The zero-order valence-electron chi connectivity index (χ0n) is 7.63. The van der Waals surface area contributed by atoms with Crippen molar-refractivity contribution in [1.29, 1.82) is 0 Å². The third-order valence-corrected chi connectivity index (χ3v) is 2.41. The molecule has 1 N–H and O–H groups in total. The van der Waals surface area contributed by atoms with Crippen molar-refractivity contribution in [2.75, 3.05) is 0 Å². The van der Waals surface area contributed by atoms with E-state index in [9.17, 15) is 4.79 Å². The largest absolute Gasteiger partial charge is 0.481 e. The third-order valence-electron chi connectivity index (χ3n) is 2.41. The van der Waals surface area contributed by atoms with Crippen molar-refractivity contribution in [3.63, 3.8) is 0 Å². The van der Waals surface area contributed by atoms with Gasteiger partial charge in [0.05, 0.1) is 0 Å². The average molecular weight is 158 g/mol. The number of carboxylic acids is 1. The van der Waals surface area contributed by atoms with Crippen LogP contribution in [0.15, 0.2) is 0 Å². The summed E-state index contributed by atoms with van der Waals surface area (Å²) < 4.78 is 0. The van der Waals surface area contributed by atoms with Gasteiger partial charge in [-0.1, -0.05) is 33.6 Å². The topological polar surface area (TPSA) is 37.3 Å². The van der Waals surface area contributed by atoms with Gasteiger partial charge in [0.15, 0.2) is 0 Å². The molecule has 0 saturated heterocycles. The predicted molar refractivity (Wildman–Crippen MR) is 45.5 cm³/mol. The monoisotopic (exact) mass is 158 g/mol. The van der Waals surface area contributed by atoms with Gasteiger partial charge in [-0.05, 0) is 11.8 Å². The molecule has 2 atom stereocenters. The van der Waals surface area contributed by atoms with Crippen LogP contribution in [0.25, 0.3) is 0 Å². The fourth-order valence-electron chi connectivity index (χ4n) is 1.31. The number of rotatable bonds is 5. The first-order chi connectivity index (χ1) is 5.11. The lowest BCUT2D eigenvalue weighted by Crippen LogP contribution is -2.14. The molecule has 0 spiro atoms. The molecule has 2 heteroatoms. The fraction of sp³-hybridized carbons (Fsp3) is 0.889. The summed E-state index contributed by atoms with van der Waals surface area (Å²) in [4.78, 5) is 10.4. The van der Waals surface area contributed by atoms with E-state index in [0.29, 0.717) is 18.3 Å². The van der Waals surface area contributed by atoms with Crippen molar-refractivity contribution < 1.29 is 9.90 Å². The second-order valence-electron chi connectivity index (χ2n) is 3.15. The number of hydrogen-bond acceptors (Lipinski definition) is 1. The molecule has 2 nitrogen and oxygen atoms in total. The normalized spacial score (nSPS) is 15.9. The summed E-state index contributed by atoms with van der Waals surface area (Å²) in [5.74, 6) is 0.228. The summed E-state index contributed by atoms with van der Waals surface area (Å²) in [5, 5.41) is 8.56. The Morgan fingerprint density at radius 2 is 1.91 bits per heavy atom. The summed E-state index contributed by atoms with van der Waals surface area (Å²) in [5.41, 5.74) is 0. The highest BCUT2D eigenvalue weighted by atomic mass is 16.4. The maximum Gasteiger partial charge on any atom is 0.303 e. The standard InChI is InChI=1S/C9H18O2/c1-4-7(3)8(5-2)6-9(10)11/h7-8H,4-6H2,1-3H3,(H,10,11). The molecule has 0 saturated carbocycles. The highest BCUT2D eigenvalue weighted by Gasteiger charge is 2.16. The highest BCUT2D eigenvalue weighted by molar-refractivity contribution is 5.67. The molecular weight excluding hydrogens is 140 g/mol.